The number of hydrogen-bond donors (Lipinski definition) is 1. The van der Waals surface area contributed by atoms with Crippen molar-refractivity contribution in [3.05, 3.63) is 34.3 Å². The summed E-state index contributed by atoms with van der Waals surface area (Å²) in [4.78, 5) is 11.4. The molecule has 2 rings (SSSR count). The highest BCUT2D eigenvalue weighted by molar-refractivity contribution is 7.91. The minimum Gasteiger partial charge on any atom is -0.408 e. The number of aliphatic hydroxyl groups is 1. The van der Waals surface area contributed by atoms with Gasteiger partial charge >= 0.3 is 5.76 Å². The van der Waals surface area contributed by atoms with Crippen LogP contribution in [0.4, 0.5) is 0 Å². The standard InChI is InChI=1S/C12H15NO5S/c1-7(19(3,16)17)11(14)8-4-5-9-10(6-8)18-12(15)13(9)2/h4-7,11,14H,1-3H3. The van der Waals surface area contributed by atoms with Gasteiger partial charge in [0, 0.05) is 13.3 Å². The SMILES string of the molecule is CC(C(O)c1ccc2c(c1)oc(=O)n2C)S(C)(=O)=O. The average Bonchev–Trinajstić information content (AvgIpc) is 2.61. The van der Waals surface area contributed by atoms with Crippen LogP contribution in [-0.4, -0.2) is 29.6 Å². The van der Waals surface area contributed by atoms with E-state index < -0.39 is 26.9 Å². The lowest BCUT2D eigenvalue weighted by atomic mass is 10.1. The molecule has 19 heavy (non-hydrogen) atoms. The third-order valence-corrected chi connectivity index (χ3v) is 4.89. The predicted molar refractivity (Wildman–Crippen MR) is 70.7 cm³/mol. The zero-order valence-corrected chi connectivity index (χ0v) is 11.6. The molecule has 0 aliphatic rings. The number of fused-ring (bicyclic) bond motifs is 1. The van der Waals surface area contributed by atoms with E-state index in [4.69, 9.17) is 4.42 Å². The third kappa shape index (κ3) is 2.43. The molecule has 6 nitrogen and oxygen atoms in total. The van der Waals surface area contributed by atoms with Crippen molar-refractivity contribution in [2.75, 3.05) is 6.26 Å². The first-order chi connectivity index (χ1) is 8.71. The molecule has 0 radical (unpaired) electrons. The number of sulfone groups is 1. The van der Waals surface area contributed by atoms with Crippen LogP contribution in [0.2, 0.25) is 0 Å². The lowest BCUT2D eigenvalue weighted by Crippen LogP contribution is -2.24. The number of hydrogen-bond acceptors (Lipinski definition) is 5. The molecule has 2 atom stereocenters. The van der Waals surface area contributed by atoms with Crippen molar-refractivity contribution in [2.24, 2.45) is 7.05 Å². The van der Waals surface area contributed by atoms with E-state index in [-0.39, 0.29) is 0 Å². The van der Waals surface area contributed by atoms with Gasteiger partial charge in [0.2, 0.25) is 0 Å². The molecule has 1 N–H and O–H groups in total. The average molecular weight is 285 g/mol. The maximum atomic E-state index is 11.4. The Labute approximate surface area is 110 Å². The van der Waals surface area contributed by atoms with Crippen molar-refractivity contribution in [3.63, 3.8) is 0 Å². The van der Waals surface area contributed by atoms with Crippen LogP contribution in [-0.2, 0) is 16.9 Å². The molecule has 0 amide bonds. The summed E-state index contributed by atoms with van der Waals surface area (Å²) in [7, 11) is -1.78. The van der Waals surface area contributed by atoms with Gasteiger partial charge in [-0.3, -0.25) is 4.57 Å². The zero-order valence-electron chi connectivity index (χ0n) is 10.8. The fourth-order valence-electron chi connectivity index (χ4n) is 1.84. The van der Waals surface area contributed by atoms with E-state index >= 15 is 0 Å². The van der Waals surface area contributed by atoms with E-state index in [0.29, 0.717) is 16.7 Å². The molecule has 1 aromatic carbocycles. The molecule has 1 aromatic heterocycles. The van der Waals surface area contributed by atoms with Gasteiger partial charge in [-0.25, -0.2) is 13.2 Å². The maximum Gasteiger partial charge on any atom is 0.419 e. The number of aromatic nitrogens is 1. The number of oxazole rings is 1. The Morgan fingerprint density at radius 2 is 2.00 bits per heavy atom. The predicted octanol–water partition coefficient (Wildman–Crippen LogP) is 0.598. The zero-order chi connectivity index (χ0) is 14.4. The second-order valence-corrected chi connectivity index (χ2v) is 7.04. The van der Waals surface area contributed by atoms with Gasteiger partial charge in [0.1, 0.15) is 0 Å². The van der Waals surface area contributed by atoms with Gasteiger partial charge in [-0.05, 0) is 24.6 Å². The molecule has 104 valence electrons. The Balaban J connectivity index is 2.50. The lowest BCUT2D eigenvalue weighted by Gasteiger charge is -2.17. The normalized spacial score (nSPS) is 15.6. The molecule has 0 saturated carbocycles. The molecular weight excluding hydrogens is 270 g/mol. The first-order valence-corrected chi connectivity index (χ1v) is 7.63. The Morgan fingerprint density at radius 3 is 2.58 bits per heavy atom. The summed E-state index contributed by atoms with van der Waals surface area (Å²) in [5.41, 5.74) is 1.32. The lowest BCUT2D eigenvalue weighted by molar-refractivity contribution is 0.176. The fraction of sp³-hybridized carbons (Fsp3) is 0.417. The van der Waals surface area contributed by atoms with Gasteiger partial charge in [-0.15, -0.1) is 0 Å². The minimum atomic E-state index is -3.35. The third-order valence-electron chi connectivity index (χ3n) is 3.28. The van der Waals surface area contributed by atoms with Crippen LogP contribution in [0.25, 0.3) is 11.1 Å². The molecule has 2 aromatic rings. The van der Waals surface area contributed by atoms with Crippen LogP contribution >= 0.6 is 0 Å². The molecule has 2 unspecified atom stereocenters. The van der Waals surface area contributed by atoms with Crippen molar-refractivity contribution < 1.29 is 17.9 Å². The maximum absolute atomic E-state index is 11.4. The van der Waals surface area contributed by atoms with Crippen LogP contribution in [0, 0.1) is 0 Å². The van der Waals surface area contributed by atoms with Gasteiger partial charge < -0.3 is 9.52 Å². The number of aliphatic hydroxyl groups excluding tert-OH is 1. The number of benzene rings is 1. The Kier molecular flexibility index (Phi) is 3.27. The smallest absolute Gasteiger partial charge is 0.408 e. The second-order valence-electron chi connectivity index (χ2n) is 4.63. The monoisotopic (exact) mass is 285 g/mol. The van der Waals surface area contributed by atoms with E-state index in [9.17, 15) is 18.3 Å². The highest BCUT2D eigenvalue weighted by atomic mass is 32.2. The molecule has 0 spiro atoms. The van der Waals surface area contributed by atoms with E-state index in [1.165, 1.54) is 17.6 Å². The number of aryl methyl sites for hydroxylation is 1. The molecule has 0 aliphatic carbocycles. The van der Waals surface area contributed by atoms with Crippen molar-refractivity contribution in [1.29, 1.82) is 0 Å². The van der Waals surface area contributed by atoms with Gasteiger partial charge in [0.25, 0.3) is 0 Å². The van der Waals surface area contributed by atoms with Gasteiger partial charge in [0.05, 0.1) is 16.9 Å². The summed E-state index contributed by atoms with van der Waals surface area (Å²) in [6, 6.07) is 4.69. The van der Waals surface area contributed by atoms with E-state index in [0.717, 1.165) is 6.26 Å². The summed E-state index contributed by atoms with van der Waals surface area (Å²) >= 11 is 0. The van der Waals surface area contributed by atoms with Gasteiger partial charge in [0.15, 0.2) is 15.4 Å². The Hall–Kier alpha value is -1.60. The fourth-order valence-corrected chi connectivity index (χ4v) is 2.46. The molecular formula is C12H15NO5S. The highest BCUT2D eigenvalue weighted by Gasteiger charge is 2.26. The van der Waals surface area contributed by atoms with E-state index in [1.54, 1.807) is 19.2 Å². The summed E-state index contributed by atoms with van der Waals surface area (Å²) in [6.07, 6.45) is -0.0906. The summed E-state index contributed by atoms with van der Waals surface area (Å²) < 4.78 is 29.2. The summed E-state index contributed by atoms with van der Waals surface area (Å²) in [5, 5.41) is 9.12. The quantitative estimate of drug-likeness (QED) is 0.892. The summed E-state index contributed by atoms with van der Waals surface area (Å²) in [6.45, 7) is 1.44. The Morgan fingerprint density at radius 1 is 1.37 bits per heavy atom. The molecule has 0 saturated heterocycles. The Bertz CT molecular complexity index is 771. The van der Waals surface area contributed by atoms with Crippen LogP contribution in [0.5, 0.6) is 0 Å². The highest BCUT2D eigenvalue weighted by Crippen LogP contribution is 2.24. The van der Waals surface area contributed by atoms with Gasteiger partial charge in [-0.1, -0.05) is 6.07 Å². The van der Waals surface area contributed by atoms with E-state index in [1.807, 2.05) is 0 Å². The number of rotatable bonds is 3. The van der Waals surface area contributed by atoms with Crippen LogP contribution in [0.3, 0.4) is 0 Å². The van der Waals surface area contributed by atoms with Crippen molar-refractivity contribution in [1.82, 2.24) is 4.57 Å². The van der Waals surface area contributed by atoms with E-state index in [2.05, 4.69) is 0 Å². The molecule has 0 fully saturated rings. The van der Waals surface area contributed by atoms with Gasteiger partial charge in [-0.2, -0.15) is 0 Å². The first-order valence-electron chi connectivity index (χ1n) is 5.68. The summed E-state index contributed by atoms with van der Waals surface area (Å²) in [5.74, 6) is -0.502. The topological polar surface area (TPSA) is 89.5 Å². The van der Waals surface area contributed by atoms with Crippen LogP contribution in [0.1, 0.15) is 18.6 Å². The van der Waals surface area contributed by atoms with Crippen molar-refractivity contribution in [2.45, 2.75) is 18.3 Å². The molecule has 7 heteroatoms. The molecule has 1 heterocycles. The molecule has 0 bridgehead atoms. The largest absolute Gasteiger partial charge is 0.419 e. The minimum absolute atomic E-state index is 0.324. The van der Waals surface area contributed by atoms with Crippen LogP contribution < -0.4 is 5.76 Å². The number of nitrogens with zero attached hydrogens (tertiary/aromatic N) is 1. The van der Waals surface area contributed by atoms with Crippen molar-refractivity contribution in [3.8, 4) is 0 Å². The second kappa shape index (κ2) is 4.50. The molecule has 0 aliphatic heterocycles. The van der Waals surface area contributed by atoms with Crippen molar-refractivity contribution >= 4 is 20.9 Å². The van der Waals surface area contributed by atoms with Crippen LogP contribution in [0.15, 0.2) is 27.4 Å². The first kappa shape index (κ1) is 13.8.